The van der Waals surface area contributed by atoms with E-state index in [0.29, 0.717) is 0 Å². The van der Waals surface area contributed by atoms with Gasteiger partial charge in [-0.2, -0.15) is 0 Å². The highest BCUT2D eigenvalue weighted by Crippen LogP contribution is 2.41. The Morgan fingerprint density at radius 3 is 0.351 bits per heavy atom. The molecule has 74 heavy (non-hydrogen) atoms. The summed E-state index contributed by atoms with van der Waals surface area (Å²) in [5.41, 5.74) is 23.2. The van der Waals surface area contributed by atoms with Gasteiger partial charge in [0.15, 0.2) is 0 Å². The van der Waals surface area contributed by atoms with Crippen LogP contribution in [0.4, 0.5) is 34.1 Å². The third-order valence-corrected chi connectivity index (χ3v) is 14.0. The molecule has 0 radical (unpaired) electrons. The zero-order chi connectivity index (χ0) is 49.5. The summed E-state index contributed by atoms with van der Waals surface area (Å²) in [5, 5.41) is 0. The Morgan fingerprint density at radius 2 is 0.216 bits per heavy atom. The lowest BCUT2D eigenvalue weighted by Gasteiger charge is -2.27. The Bertz CT molecular complexity index is 3500. The van der Waals surface area contributed by atoms with E-state index in [-0.39, 0.29) is 0 Å². The summed E-state index contributed by atoms with van der Waals surface area (Å²) in [6.45, 7) is 0. The van der Waals surface area contributed by atoms with Crippen molar-refractivity contribution in [2.75, 3.05) is 9.80 Å². The minimum absolute atomic E-state index is 1.08. The maximum atomic E-state index is 2.35. The van der Waals surface area contributed by atoms with Crippen LogP contribution in [0.2, 0.25) is 0 Å². The smallest absolute Gasteiger partial charge is 0.0462 e. The summed E-state index contributed by atoms with van der Waals surface area (Å²) in [4.78, 5) is 4.69. The van der Waals surface area contributed by atoms with Gasteiger partial charge < -0.3 is 9.80 Å². The molecule has 0 amide bonds. The lowest BCUT2D eigenvalue weighted by molar-refractivity contribution is 1.28. The summed E-state index contributed by atoms with van der Waals surface area (Å²) < 4.78 is 0. The number of anilines is 6. The van der Waals surface area contributed by atoms with Gasteiger partial charge in [0.25, 0.3) is 0 Å². The van der Waals surface area contributed by atoms with Crippen molar-refractivity contribution >= 4 is 34.1 Å². The third kappa shape index (κ3) is 9.81. The predicted molar refractivity (Wildman–Crippen MR) is 314 cm³/mol. The van der Waals surface area contributed by atoms with E-state index in [1.807, 2.05) is 0 Å². The van der Waals surface area contributed by atoms with Crippen LogP contribution in [0.3, 0.4) is 0 Å². The Morgan fingerprint density at radius 1 is 0.108 bits per heavy atom. The van der Waals surface area contributed by atoms with Gasteiger partial charge in [0.05, 0.1) is 0 Å². The molecule has 350 valence electrons. The van der Waals surface area contributed by atoms with Gasteiger partial charge in [-0.15, -0.1) is 0 Å². The molecule has 0 atom stereocenters. The molecular weight excluding hydrogens is 893 g/mol. The summed E-state index contributed by atoms with van der Waals surface area (Å²) in [5.74, 6) is 0. The first-order valence-electron chi connectivity index (χ1n) is 25.3. The second-order valence-electron chi connectivity index (χ2n) is 18.6. The number of benzene rings is 12. The van der Waals surface area contributed by atoms with Crippen molar-refractivity contribution in [1.82, 2.24) is 0 Å². The van der Waals surface area contributed by atoms with E-state index in [9.17, 15) is 0 Å². The van der Waals surface area contributed by atoms with Crippen LogP contribution in [-0.4, -0.2) is 0 Å². The predicted octanol–water partition coefficient (Wildman–Crippen LogP) is 20.3. The number of rotatable bonds is 13. The Kier molecular flexibility index (Phi) is 12.8. The Balaban J connectivity index is 0.843. The normalized spacial score (nSPS) is 11.0. The van der Waals surface area contributed by atoms with Gasteiger partial charge in [0.2, 0.25) is 0 Å². The maximum absolute atomic E-state index is 2.35. The summed E-state index contributed by atoms with van der Waals surface area (Å²) in [7, 11) is 0. The molecule has 12 aromatic rings. The van der Waals surface area contributed by atoms with E-state index in [1.165, 1.54) is 66.8 Å². The van der Waals surface area contributed by atoms with Crippen LogP contribution >= 0.6 is 0 Å². The van der Waals surface area contributed by atoms with Crippen molar-refractivity contribution < 1.29 is 0 Å². The minimum Gasteiger partial charge on any atom is -0.311 e. The highest BCUT2D eigenvalue weighted by atomic mass is 15.1. The lowest BCUT2D eigenvalue weighted by atomic mass is 9.99. The van der Waals surface area contributed by atoms with E-state index >= 15 is 0 Å². The van der Waals surface area contributed by atoms with E-state index in [1.54, 1.807) is 0 Å². The molecule has 0 fully saturated rings. The van der Waals surface area contributed by atoms with Gasteiger partial charge in [0, 0.05) is 34.1 Å². The van der Waals surface area contributed by atoms with Gasteiger partial charge in [-0.1, -0.05) is 243 Å². The first kappa shape index (κ1) is 45.4. The molecule has 0 aliphatic rings. The summed E-state index contributed by atoms with van der Waals surface area (Å²) >= 11 is 0. The van der Waals surface area contributed by atoms with Crippen LogP contribution in [0.15, 0.2) is 315 Å². The molecule has 2 nitrogen and oxygen atoms in total. The fourth-order valence-corrected chi connectivity index (χ4v) is 9.94. The molecule has 0 unspecified atom stereocenters. The van der Waals surface area contributed by atoms with Crippen LogP contribution in [-0.2, 0) is 0 Å². The molecular formula is C72H52N2. The molecule has 0 N–H and O–H groups in total. The van der Waals surface area contributed by atoms with Crippen molar-refractivity contribution in [3.05, 3.63) is 315 Å². The van der Waals surface area contributed by atoms with Gasteiger partial charge in [-0.3, -0.25) is 0 Å². The average molecular weight is 945 g/mol. The molecule has 2 heteroatoms. The molecule has 0 aliphatic heterocycles. The quantitative estimate of drug-likeness (QED) is 0.114. The van der Waals surface area contributed by atoms with Crippen molar-refractivity contribution in [3.63, 3.8) is 0 Å². The maximum Gasteiger partial charge on any atom is 0.0462 e. The van der Waals surface area contributed by atoms with Crippen LogP contribution < -0.4 is 9.80 Å². The van der Waals surface area contributed by atoms with Crippen LogP contribution in [0.25, 0.3) is 77.9 Å². The highest BCUT2D eigenvalue weighted by Gasteiger charge is 2.17. The van der Waals surface area contributed by atoms with Gasteiger partial charge in [-0.05, 0) is 151 Å². The average Bonchev–Trinajstić information content (AvgIpc) is 3.49. The molecule has 0 spiro atoms. The fourth-order valence-electron chi connectivity index (χ4n) is 9.94. The topological polar surface area (TPSA) is 6.48 Å². The van der Waals surface area contributed by atoms with E-state index in [4.69, 9.17) is 0 Å². The van der Waals surface area contributed by atoms with Crippen LogP contribution in [0.5, 0.6) is 0 Å². The monoisotopic (exact) mass is 944 g/mol. The van der Waals surface area contributed by atoms with Crippen molar-refractivity contribution in [3.8, 4) is 77.9 Å². The van der Waals surface area contributed by atoms with Crippen LogP contribution in [0, 0.1) is 0 Å². The van der Waals surface area contributed by atoms with E-state index in [2.05, 4.69) is 325 Å². The summed E-state index contributed by atoms with van der Waals surface area (Å²) in [6, 6.07) is 113. The second-order valence-corrected chi connectivity index (χ2v) is 18.6. The summed E-state index contributed by atoms with van der Waals surface area (Å²) in [6.07, 6.45) is 0. The highest BCUT2D eigenvalue weighted by molar-refractivity contribution is 5.84. The molecule has 0 aromatic heterocycles. The first-order chi connectivity index (χ1) is 36.7. The second kappa shape index (κ2) is 20.9. The lowest BCUT2D eigenvalue weighted by Crippen LogP contribution is -2.10. The zero-order valence-electron chi connectivity index (χ0n) is 40.9. The first-order valence-corrected chi connectivity index (χ1v) is 25.3. The molecule has 0 saturated carbocycles. The minimum atomic E-state index is 1.08. The Labute approximate surface area is 435 Å². The zero-order valence-corrected chi connectivity index (χ0v) is 40.9. The molecule has 12 rings (SSSR count). The fraction of sp³-hybridized carbons (Fsp3) is 0. The largest absolute Gasteiger partial charge is 0.311 e. The number of hydrogen-bond donors (Lipinski definition) is 0. The molecule has 0 heterocycles. The van der Waals surface area contributed by atoms with Crippen LogP contribution in [0.1, 0.15) is 0 Å². The Hall–Kier alpha value is -9.76. The van der Waals surface area contributed by atoms with E-state index < -0.39 is 0 Å². The SMILES string of the molecule is c1ccc(-c2ccc(-c3ccc(N(c4ccc(-c5ccc(-c6ccccc6)cc5)cc4)c4ccc(-c5ccc(N(c6ccc(-c7ccccc7)cc6)c6ccc(-c7ccccc7)cc6)cc5)cc4)cc3)cc2)cc1. The van der Waals surface area contributed by atoms with Crippen molar-refractivity contribution in [1.29, 1.82) is 0 Å². The molecule has 12 aromatic carbocycles. The molecule has 0 aliphatic carbocycles. The third-order valence-electron chi connectivity index (χ3n) is 14.0. The molecule has 0 bridgehead atoms. The van der Waals surface area contributed by atoms with Gasteiger partial charge in [0.1, 0.15) is 0 Å². The molecule has 0 saturated heterocycles. The van der Waals surface area contributed by atoms with Gasteiger partial charge in [-0.25, -0.2) is 0 Å². The van der Waals surface area contributed by atoms with Crippen molar-refractivity contribution in [2.24, 2.45) is 0 Å². The van der Waals surface area contributed by atoms with Crippen molar-refractivity contribution in [2.45, 2.75) is 0 Å². The standard InChI is InChI=1S/C72H52N2/c1-5-13-53(14-6-1)57-21-25-59(26-22-57)63-33-45-69(46-34-63)74(70-47-35-64(36-48-70)60-27-23-58(24-28-60)54-15-7-2-8-16-54)72-51-39-66(40-52-72)65-37-49-71(50-38-65)73(67-41-29-61(30-42-67)55-17-9-3-10-18-55)68-43-31-62(32-44-68)56-19-11-4-12-20-56/h1-52H. The number of hydrogen-bond acceptors (Lipinski definition) is 2. The number of nitrogens with zero attached hydrogens (tertiary/aromatic N) is 2. The van der Waals surface area contributed by atoms with E-state index in [0.717, 1.165) is 45.3 Å². The van der Waals surface area contributed by atoms with Gasteiger partial charge >= 0.3 is 0 Å².